The molecule has 0 aliphatic carbocycles. The molecule has 0 radical (unpaired) electrons. The lowest BCUT2D eigenvalue weighted by Crippen LogP contribution is -2.57. The van der Waals surface area contributed by atoms with Crippen LogP contribution in [-0.2, 0) is 17.8 Å². The van der Waals surface area contributed by atoms with E-state index in [1.807, 2.05) is 17.0 Å². The van der Waals surface area contributed by atoms with Crippen molar-refractivity contribution in [2.45, 2.75) is 45.3 Å². The zero-order chi connectivity index (χ0) is 24.6. The lowest BCUT2D eigenvalue weighted by atomic mass is 10.00. The van der Waals surface area contributed by atoms with Crippen LogP contribution in [0.4, 0.5) is 17.5 Å². The van der Waals surface area contributed by atoms with E-state index in [0.717, 1.165) is 56.0 Å². The van der Waals surface area contributed by atoms with Crippen molar-refractivity contribution in [1.82, 2.24) is 15.3 Å². The summed E-state index contributed by atoms with van der Waals surface area (Å²) in [5.74, 6) is 1.41. The van der Waals surface area contributed by atoms with Crippen LogP contribution in [-0.4, -0.2) is 66.8 Å². The Kier molecular flexibility index (Phi) is 9.03. The summed E-state index contributed by atoms with van der Waals surface area (Å²) < 4.78 is 10.9. The number of ether oxygens (including phenoxy) is 2. The molecule has 2 heterocycles. The van der Waals surface area contributed by atoms with Crippen molar-refractivity contribution in [3.63, 3.8) is 0 Å². The van der Waals surface area contributed by atoms with E-state index in [9.17, 15) is 5.11 Å². The van der Waals surface area contributed by atoms with Gasteiger partial charge in [-0.15, -0.1) is 0 Å². The summed E-state index contributed by atoms with van der Waals surface area (Å²) in [6.45, 7) is 7.99. The van der Waals surface area contributed by atoms with Crippen molar-refractivity contribution in [3.05, 3.63) is 35.0 Å². The number of unbranched alkanes of at least 4 members (excludes halogenated alkanes) is 1. The molecule has 1 saturated heterocycles. The van der Waals surface area contributed by atoms with Crippen LogP contribution in [0.5, 0.6) is 5.75 Å². The predicted octanol–water partition coefficient (Wildman–Crippen LogP) is 1.75. The second-order valence-corrected chi connectivity index (χ2v) is 8.79. The number of aromatic nitrogens is 2. The first kappa shape index (κ1) is 25.7. The molecule has 1 aliphatic rings. The molecular formula is C24H37N7O3. The van der Waals surface area contributed by atoms with Crippen LogP contribution < -0.4 is 26.4 Å². The Bertz CT molecular complexity index is 979. The molecule has 0 saturated carbocycles. The first-order chi connectivity index (χ1) is 16.4. The SMILES string of the molecule is CCCCN(CCO)c1nc(N)nc(C=NCc2ccc(CNC3(C)COC3)cc2OC)c1N. The number of rotatable bonds is 13. The molecule has 186 valence electrons. The second-order valence-electron chi connectivity index (χ2n) is 8.79. The van der Waals surface area contributed by atoms with Gasteiger partial charge in [0.1, 0.15) is 17.1 Å². The van der Waals surface area contributed by atoms with Gasteiger partial charge < -0.3 is 36.3 Å². The molecule has 0 amide bonds. The number of nitrogens with zero attached hydrogens (tertiary/aromatic N) is 4. The standard InChI is InChI=1S/C24H37N7O3/c1-4-5-8-31(9-10-32)22-21(25)19(29-23(26)30-22)14-27-13-18-7-6-17(11-20(18)33-3)12-28-24(2)15-34-16-24/h6-7,11,14,28,32H,4-5,8-10,12-13,15-16,25H2,1-3H3,(H2,26,29,30). The maximum atomic E-state index is 9.45. The molecule has 10 nitrogen and oxygen atoms in total. The lowest BCUT2D eigenvalue weighted by Gasteiger charge is -2.39. The summed E-state index contributed by atoms with van der Waals surface area (Å²) in [7, 11) is 1.66. The van der Waals surface area contributed by atoms with Gasteiger partial charge in [0.2, 0.25) is 5.95 Å². The number of nitrogen functional groups attached to an aromatic ring is 2. The van der Waals surface area contributed by atoms with Crippen molar-refractivity contribution < 1.29 is 14.6 Å². The van der Waals surface area contributed by atoms with E-state index in [2.05, 4.69) is 40.2 Å². The topological polar surface area (TPSA) is 144 Å². The van der Waals surface area contributed by atoms with Crippen LogP contribution in [0.1, 0.15) is 43.5 Å². The monoisotopic (exact) mass is 471 g/mol. The largest absolute Gasteiger partial charge is 0.496 e. The molecular weight excluding hydrogens is 434 g/mol. The van der Waals surface area contributed by atoms with Gasteiger partial charge in [-0.25, -0.2) is 4.98 Å². The van der Waals surface area contributed by atoms with Gasteiger partial charge in [0, 0.05) is 31.4 Å². The number of hydrogen-bond acceptors (Lipinski definition) is 10. The molecule has 1 aromatic carbocycles. The first-order valence-electron chi connectivity index (χ1n) is 11.7. The molecule has 1 aromatic heterocycles. The number of aliphatic hydroxyl groups is 1. The van der Waals surface area contributed by atoms with Gasteiger partial charge in [-0.1, -0.05) is 25.5 Å². The minimum atomic E-state index is -0.00515. The summed E-state index contributed by atoms with van der Waals surface area (Å²) in [5, 5.41) is 13.0. The van der Waals surface area contributed by atoms with E-state index in [4.69, 9.17) is 20.9 Å². The summed E-state index contributed by atoms with van der Waals surface area (Å²) in [5.41, 5.74) is 15.3. The lowest BCUT2D eigenvalue weighted by molar-refractivity contribution is -0.0649. The molecule has 10 heteroatoms. The number of anilines is 3. The summed E-state index contributed by atoms with van der Waals surface area (Å²) >= 11 is 0. The van der Waals surface area contributed by atoms with E-state index in [1.165, 1.54) is 0 Å². The molecule has 6 N–H and O–H groups in total. The third-order valence-corrected chi connectivity index (χ3v) is 5.81. The molecule has 0 bridgehead atoms. The molecule has 0 unspecified atom stereocenters. The Labute approximate surface area is 201 Å². The van der Waals surface area contributed by atoms with Gasteiger partial charge in [-0.3, -0.25) is 4.99 Å². The van der Waals surface area contributed by atoms with E-state index in [1.54, 1.807) is 13.3 Å². The summed E-state index contributed by atoms with van der Waals surface area (Å²) in [6, 6.07) is 6.11. The van der Waals surface area contributed by atoms with Crippen LogP contribution >= 0.6 is 0 Å². The Morgan fingerprint density at radius 2 is 2.09 bits per heavy atom. The highest BCUT2D eigenvalue weighted by Gasteiger charge is 2.32. The zero-order valence-electron chi connectivity index (χ0n) is 20.4. The number of nitrogens with one attached hydrogen (secondary N) is 1. The van der Waals surface area contributed by atoms with Gasteiger partial charge in [0.05, 0.1) is 39.0 Å². The van der Waals surface area contributed by atoms with E-state index in [0.29, 0.717) is 30.3 Å². The van der Waals surface area contributed by atoms with E-state index < -0.39 is 0 Å². The fraction of sp³-hybridized carbons (Fsp3) is 0.542. The average molecular weight is 472 g/mol. The highest BCUT2D eigenvalue weighted by Crippen LogP contribution is 2.25. The fourth-order valence-electron chi connectivity index (χ4n) is 3.71. The highest BCUT2D eigenvalue weighted by atomic mass is 16.5. The number of methoxy groups -OCH3 is 1. The highest BCUT2D eigenvalue weighted by molar-refractivity contribution is 5.89. The Balaban J connectivity index is 1.72. The zero-order valence-corrected chi connectivity index (χ0v) is 20.4. The van der Waals surface area contributed by atoms with Crippen LogP contribution in [0.2, 0.25) is 0 Å². The minimum absolute atomic E-state index is 0.00515. The third-order valence-electron chi connectivity index (χ3n) is 5.81. The Hall–Kier alpha value is -2.95. The Morgan fingerprint density at radius 3 is 2.74 bits per heavy atom. The molecule has 3 rings (SSSR count). The number of nitrogens with two attached hydrogens (primary N) is 2. The van der Waals surface area contributed by atoms with Gasteiger partial charge in [0.15, 0.2) is 5.82 Å². The quantitative estimate of drug-likeness (QED) is 0.321. The Morgan fingerprint density at radius 1 is 1.29 bits per heavy atom. The summed E-state index contributed by atoms with van der Waals surface area (Å²) in [4.78, 5) is 15.0. The molecule has 2 aromatic rings. The normalized spacial score (nSPS) is 14.8. The van der Waals surface area contributed by atoms with Crippen molar-refractivity contribution >= 4 is 23.7 Å². The number of aliphatic imine (C=N–C) groups is 1. The molecule has 1 aliphatic heterocycles. The van der Waals surface area contributed by atoms with Gasteiger partial charge >= 0.3 is 0 Å². The average Bonchev–Trinajstić information content (AvgIpc) is 2.81. The number of benzene rings is 1. The van der Waals surface area contributed by atoms with Crippen molar-refractivity contribution in [2.75, 3.05) is 56.4 Å². The molecule has 0 spiro atoms. The van der Waals surface area contributed by atoms with Crippen LogP contribution in [0.15, 0.2) is 23.2 Å². The maximum absolute atomic E-state index is 9.45. The number of aliphatic hydroxyl groups excluding tert-OH is 1. The fourth-order valence-corrected chi connectivity index (χ4v) is 3.71. The van der Waals surface area contributed by atoms with Gasteiger partial charge in [-0.05, 0) is 25.0 Å². The smallest absolute Gasteiger partial charge is 0.222 e. The molecule has 0 atom stereocenters. The van der Waals surface area contributed by atoms with Crippen molar-refractivity contribution in [3.8, 4) is 5.75 Å². The molecule has 34 heavy (non-hydrogen) atoms. The van der Waals surface area contributed by atoms with E-state index in [-0.39, 0.29) is 18.1 Å². The van der Waals surface area contributed by atoms with E-state index >= 15 is 0 Å². The molecule has 1 fully saturated rings. The van der Waals surface area contributed by atoms with Crippen molar-refractivity contribution in [2.24, 2.45) is 4.99 Å². The maximum Gasteiger partial charge on any atom is 0.222 e. The first-order valence-corrected chi connectivity index (χ1v) is 11.7. The van der Waals surface area contributed by atoms with Crippen molar-refractivity contribution in [1.29, 1.82) is 0 Å². The van der Waals surface area contributed by atoms with Crippen LogP contribution in [0.25, 0.3) is 0 Å². The predicted molar refractivity (Wildman–Crippen MR) is 135 cm³/mol. The van der Waals surface area contributed by atoms with Crippen LogP contribution in [0, 0.1) is 0 Å². The van der Waals surface area contributed by atoms with Gasteiger partial charge in [0.25, 0.3) is 0 Å². The second kappa shape index (κ2) is 12.0. The van der Waals surface area contributed by atoms with Crippen LogP contribution in [0.3, 0.4) is 0 Å². The summed E-state index contributed by atoms with van der Waals surface area (Å²) in [6.07, 6.45) is 3.58. The third kappa shape index (κ3) is 6.55. The minimum Gasteiger partial charge on any atom is -0.496 e. The number of hydrogen-bond donors (Lipinski definition) is 4. The van der Waals surface area contributed by atoms with Gasteiger partial charge in [-0.2, -0.15) is 4.98 Å².